The van der Waals surface area contributed by atoms with Crippen LogP contribution in [0, 0.1) is 35.5 Å². The second-order valence-electron chi connectivity index (χ2n) is 6.55. The largest absolute Gasteiger partial charge is 0.481 e. The average Bonchev–Trinajstić information content (AvgIpc) is 3.07. The number of aliphatic carboxylic acids is 1. The highest BCUT2D eigenvalue weighted by Gasteiger charge is 2.60. The number of esters is 2. The molecule has 3 fully saturated rings. The summed E-state index contributed by atoms with van der Waals surface area (Å²) in [6.07, 6.45) is 0.252. The maximum absolute atomic E-state index is 12.4. The van der Waals surface area contributed by atoms with E-state index in [1.165, 1.54) is 0 Å². The third-order valence-electron chi connectivity index (χ3n) is 5.74. The van der Waals surface area contributed by atoms with E-state index in [4.69, 9.17) is 9.47 Å². The van der Waals surface area contributed by atoms with Gasteiger partial charge in [-0.2, -0.15) is 0 Å². The van der Waals surface area contributed by atoms with E-state index in [1.54, 1.807) is 0 Å². The molecule has 7 atom stereocenters. The average molecular weight is 296 g/mol. The van der Waals surface area contributed by atoms with E-state index in [9.17, 15) is 19.5 Å². The van der Waals surface area contributed by atoms with Gasteiger partial charge in [0.05, 0.1) is 18.4 Å². The number of carbonyl (C=O) groups is 3. The summed E-state index contributed by atoms with van der Waals surface area (Å²) in [6, 6.07) is 0. The first-order chi connectivity index (χ1) is 9.91. The lowest BCUT2D eigenvalue weighted by Crippen LogP contribution is -2.42. The highest BCUT2D eigenvalue weighted by atomic mass is 16.6. The van der Waals surface area contributed by atoms with Gasteiger partial charge in [0.2, 0.25) is 6.10 Å². The van der Waals surface area contributed by atoms with E-state index in [1.807, 2.05) is 0 Å². The first-order valence-corrected chi connectivity index (χ1v) is 7.51. The van der Waals surface area contributed by atoms with Gasteiger partial charge in [-0.05, 0) is 30.1 Å². The number of fused-ring (bicyclic) bond motifs is 2. The summed E-state index contributed by atoms with van der Waals surface area (Å²) in [5.41, 5.74) is 0. The van der Waals surface area contributed by atoms with Crippen molar-refractivity contribution in [1.82, 2.24) is 0 Å². The van der Waals surface area contributed by atoms with Crippen LogP contribution in [-0.2, 0) is 23.9 Å². The zero-order valence-corrected chi connectivity index (χ0v) is 12.2. The Bertz CT molecular complexity index is 487. The molecule has 6 heteroatoms. The molecule has 0 aromatic heterocycles. The molecule has 0 aromatic rings. The van der Waals surface area contributed by atoms with Crippen LogP contribution in [-0.4, -0.2) is 35.7 Å². The van der Waals surface area contributed by atoms with E-state index >= 15 is 0 Å². The molecule has 0 amide bonds. The maximum atomic E-state index is 12.4. The molecule has 1 heterocycles. The van der Waals surface area contributed by atoms with E-state index in [0.717, 1.165) is 6.42 Å². The number of hydrogen-bond donors (Lipinski definition) is 1. The van der Waals surface area contributed by atoms with Crippen molar-refractivity contribution in [3.8, 4) is 0 Å². The molecule has 3 rings (SSSR count). The Morgan fingerprint density at radius 1 is 1.19 bits per heavy atom. The van der Waals surface area contributed by atoms with Crippen molar-refractivity contribution in [2.24, 2.45) is 35.5 Å². The molecule has 0 radical (unpaired) electrons. The Balaban J connectivity index is 1.78. The Labute approximate surface area is 122 Å². The number of carboxylic acids is 1. The lowest BCUT2D eigenvalue weighted by Gasteiger charge is -2.35. The smallest absolute Gasteiger partial charge is 0.347 e. The van der Waals surface area contributed by atoms with Gasteiger partial charge < -0.3 is 14.6 Å². The van der Waals surface area contributed by atoms with Gasteiger partial charge in [0.15, 0.2) is 0 Å². The molecule has 2 saturated carbocycles. The highest BCUT2D eigenvalue weighted by Crippen LogP contribution is 2.58. The third kappa shape index (κ3) is 2.12. The molecule has 6 nitrogen and oxygen atoms in total. The standard InChI is InChI=1S/C15H20O6/c1-6-7(2)9-5-8(6)11(13(16)17)12(9)15(19)21-10-3-4-20-14(10)18/h6-12H,3-5H2,1-2H3,(H,16,17). The Morgan fingerprint density at radius 2 is 1.81 bits per heavy atom. The summed E-state index contributed by atoms with van der Waals surface area (Å²) in [7, 11) is 0. The molecule has 1 aliphatic heterocycles. The quantitative estimate of drug-likeness (QED) is 0.784. The minimum atomic E-state index is -0.933. The van der Waals surface area contributed by atoms with Crippen molar-refractivity contribution >= 4 is 17.9 Å². The summed E-state index contributed by atoms with van der Waals surface area (Å²) in [5, 5.41) is 9.47. The van der Waals surface area contributed by atoms with Crippen molar-refractivity contribution in [2.75, 3.05) is 6.61 Å². The van der Waals surface area contributed by atoms with Crippen LogP contribution in [0.5, 0.6) is 0 Å². The van der Waals surface area contributed by atoms with Crippen LogP contribution in [0.3, 0.4) is 0 Å². The van der Waals surface area contributed by atoms with E-state index in [0.29, 0.717) is 18.3 Å². The fourth-order valence-electron chi connectivity index (χ4n) is 4.46. The van der Waals surface area contributed by atoms with E-state index in [2.05, 4.69) is 13.8 Å². The summed E-state index contributed by atoms with van der Waals surface area (Å²) in [4.78, 5) is 35.4. The van der Waals surface area contributed by atoms with E-state index < -0.39 is 35.8 Å². The minimum absolute atomic E-state index is 0.0237. The number of rotatable bonds is 3. The van der Waals surface area contributed by atoms with Gasteiger partial charge in [-0.3, -0.25) is 9.59 Å². The van der Waals surface area contributed by atoms with Crippen molar-refractivity contribution in [3.63, 3.8) is 0 Å². The van der Waals surface area contributed by atoms with Crippen LogP contribution in [0.2, 0.25) is 0 Å². The van der Waals surface area contributed by atoms with Gasteiger partial charge in [-0.15, -0.1) is 0 Å². The van der Waals surface area contributed by atoms with Crippen molar-refractivity contribution in [1.29, 1.82) is 0 Å². The summed E-state index contributed by atoms with van der Waals surface area (Å²) < 4.78 is 10.0. The highest BCUT2D eigenvalue weighted by molar-refractivity contribution is 5.85. The van der Waals surface area contributed by atoms with Gasteiger partial charge in [-0.1, -0.05) is 13.8 Å². The number of ether oxygens (including phenoxy) is 2. The SMILES string of the molecule is CC1C(C)C2CC1C(C(=O)O)C2C(=O)OC1CCOC1=O. The van der Waals surface area contributed by atoms with E-state index in [-0.39, 0.29) is 18.4 Å². The molecule has 0 aromatic carbocycles. The van der Waals surface area contributed by atoms with Crippen molar-refractivity contribution in [3.05, 3.63) is 0 Å². The predicted molar refractivity (Wildman–Crippen MR) is 70.0 cm³/mol. The Morgan fingerprint density at radius 3 is 2.33 bits per heavy atom. The molecule has 7 unspecified atom stereocenters. The number of cyclic esters (lactones) is 1. The first kappa shape index (κ1) is 14.4. The van der Waals surface area contributed by atoms with Gasteiger partial charge in [0, 0.05) is 6.42 Å². The van der Waals surface area contributed by atoms with Gasteiger partial charge in [-0.25, -0.2) is 4.79 Å². The number of carboxylic acid groups (broad SMARTS) is 1. The summed E-state index contributed by atoms with van der Waals surface area (Å²) >= 11 is 0. The zero-order valence-electron chi connectivity index (χ0n) is 12.2. The lowest BCUT2D eigenvalue weighted by molar-refractivity contribution is -0.170. The third-order valence-corrected chi connectivity index (χ3v) is 5.74. The molecule has 1 N–H and O–H groups in total. The topological polar surface area (TPSA) is 89.9 Å². The molecule has 1 saturated heterocycles. The maximum Gasteiger partial charge on any atom is 0.347 e. The molecule has 2 bridgehead atoms. The molecular weight excluding hydrogens is 276 g/mol. The molecule has 0 spiro atoms. The number of hydrogen-bond acceptors (Lipinski definition) is 5. The normalized spacial score (nSPS) is 44.7. The Kier molecular flexibility index (Phi) is 3.42. The van der Waals surface area contributed by atoms with Crippen LogP contribution in [0.4, 0.5) is 0 Å². The van der Waals surface area contributed by atoms with Crippen molar-refractivity contribution in [2.45, 2.75) is 32.8 Å². The molecule has 21 heavy (non-hydrogen) atoms. The molecule has 2 aliphatic carbocycles. The van der Waals surface area contributed by atoms with Gasteiger partial charge >= 0.3 is 17.9 Å². The van der Waals surface area contributed by atoms with Gasteiger partial charge in [0.1, 0.15) is 0 Å². The zero-order chi connectivity index (χ0) is 15.3. The predicted octanol–water partition coefficient (Wildman–Crippen LogP) is 1.08. The first-order valence-electron chi connectivity index (χ1n) is 7.51. The fraction of sp³-hybridized carbons (Fsp3) is 0.800. The second-order valence-corrected chi connectivity index (χ2v) is 6.55. The van der Waals surface area contributed by atoms with Crippen molar-refractivity contribution < 1.29 is 29.0 Å². The number of carbonyl (C=O) groups excluding carboxylic acids is 2. The Hall–Kier alpha value is -1.59. The van der Waals surface area contributed by atoms with Gasteiger partial charge in [0.25, 0.3) is 0 Å². The second kappa shape index (κ2) is 5.00. The minimum Gasteiger partial charge on any atom is -0.481 e. The van der Waals surface area contributed by atoms with Crippen LogP contribution >= 0.6 is 0 Å². The summed E-state index contributed by atoms with van der Waals surface area (Å²) in [5.74, 6) is -2.66. The van der Waals surface area contributed by atoms with Crippen LogP contribution in [0.1, 0.15) is 26.7 Å². The molecule has 116 valence electrons. The molecule has 3 aliphatic rings. The monoisotopic (exact) mass is 296 g/mol. The van der Waals surface area contributed by atoms with Crippen LogP contribution in [0.15, 0.2) is 0 Å². The fourth-order valence-corrected chi connectivity index (χ4v) is 4.46. The lowest BCUT2D eigenvalue weighted by atomic mass is 9.69. The van der Waals surface area contributed by atoms with Crippen LogP contribution < -0.4 is 0 Å². The molecular formula is C15H20O6. The van der Waals surface area contributed by atoms with Crippen LogP contribution in [0.25, 0.3) is 0 Å². The summed E-state index contributed by atoms with van der Waals surface area (Å²) in [6.45, 7) is 4.38.